The molecule has 0 amide bonds. The third-order valence-electron chi connectivity index (χ3n) is 3.91. The summed E-state index contributed by atoms with van der Waals surface area (Å²) in [4.78, 5) is 1.53. The summed E-state index contributed by atoms with van der Waals surface area (Å²) >= 11 is 1.69. The van der Waals surface area contributed by atoms with Crippen LogP contribution in [0.25, 0.3) is 0 Å². The van der Waals surface area contributed by atoms with Crippen LogP contribution in [0.15, 0.2) is 40.6 Å². The molecule has 3 rings (SSSR count). The highest BCUT2D eigenvalue weighted by Crippen LogP contribution is 2.36. The zero-order valence-electron chi connectivity index (χ0n) is 11.7. The molecule has 112 valence electrons. The first-order chi connectivity index (χ1) is 10.0. The third kappa shape index (κ3) is 2.53. The van der Waals surface area contributed by atoms with Crippen LogP contribution in [0.1, 0.15) is 29.0 Å². The Kier molecular flexibility index (Phi) is 3.88. The molecule has 1 unspecified atom stereocenters. The monoisotopic (exact) mass is 323 g/mol. The molecule has 0 saturated heterocycles. The Morgan fingerprint density at radius 3 is 2.95 bits per heavy atom. The first kappa shape index (κ1) is 14.7. The molecule has 1 aromatic heterocycles. The third-order valence-corrected chi connectivity index (χ3v) is 6.87. The largest absolute Gasteiger partial charge is 0.392 e. The molecule has 0 saturated carbocycles. The minimum Gasteiger partial charge on any atom is -0.392 e. The lowest BCUT2D eigenvalue weighted by atomic mass is 10.0. The Bertz CT molecular complexity index is 752. The van der Waals surface area contributed by atoms with E-state index in [9.17, 15) is 13.5 Å². The smallest absolute Gasteiger partial charge is 0.243 e. The fraction of sp³-hybridized carbons (Fsp3) is 0.333. The van der Waals surface area contributed by atoms with Crippen LogP contribution in [0.5, 0.6) is 0 Å². The van der Waals surface area contributed by atoms with Crippen molar-refractivity contribution in [3.63, 3.8) is 0 Å². The molecule has 6 heteroatoms. The summed E-state index contributed by atoms with van der Waals surface area (Å²) in [5, 5.41) is 11.2. The Morgan fingerprint density at radius 2 is 2.19 bits per heavy atom. The van der Waals surface area contributed by atoms with E-state index in [-0.39, 0.29) is 17.5 Å². The predicted molar refractivity (Wildman–Crippen MR) is 82.7 cm³/mol. The molecule has 21 heavy (non-hydrogen) atoms. The lowest BCUT2D eigenvalue weighted by Gasteiger charge is -2.32. The van der Waals surface area contributed by atoms with Crippen molar-refractivity contribution >= 4 is 21.4 Å². The lowest BCUT2D eigenvalue weighted by Crippen LogP contribution is -2.38. The van der Waals surface area contributed by atoms with Crippen LogP contribution < -0.4 is 0 Å². The van der Waals surface area contributed by atoms with Crippen molar-refractivity contribution in [2.75, 3.05) is 6.54 Å². The Morgan fingerprint density at radius 1 is 1.38 bits per heavy atom. The Labute approximate surface area is 128 Å². The van der Waals surface area contributed by atoms with Gasteiger partial charge in [0.25, 0.3) is 0 Å². The van der Waals surface area contributed by atoms with Gasteiger partial charge in [-0.15, -0.1) is 11.3 Å². The van der Waals surface area contributed by atoms with Crippen LogP contribution in [-0.2, 0) is 23.1 Å². The number of rotatable bonds is 3. The van der Waals surface area contributed by atoms with E-state index >= 15 is 0 Å². The molecule has 0 spiro atoms. The van der Waals surface area contributed by atoms with E-state index in [4.69, 9.17) is 0 Å². The molecule has 1 aliphatic rings. The maximum atomic E-state index is 12.8. The molecule has 1 N–H and O–H groups in total. The lowest BCUT2D eigenvalue weighted by molar-refractivity contribution is 0.281. The van der Waals surface area contributed by atoms with Gasteiger partial charge in [0, 0.05) is 17.5 Å². The van der Waals surface area contributed by atoms with Gasteiger partial charge in [0.1, 0.15) is 0 Å². The highest BCUT2D eigenvalue weighted by atomic mass is 32.2. The van der Waals surface area contributed by atoms with Gasteiger partial charge in [0.05, 0.1) is 11.5 Å². The summed E-state index contributed by atoms with van der Waals surface area (Å²) in [5.74, 6) is 0. The molecule has 1 atom stereocenters. The maximum Gasteiger partial charge on any atom is 0.243 e. The second-order valence-electron chi connectivity index (χ2n) is 5.15. The van der Waals surface area contributed by atoms with E-state index in [2.05, 4.69) is 0 Å². The van der Waals surface area contributed by atoms with Crippen molar-refractivity contribution in [2.45, 2.75) is 30.9 Å². The maximum absolute atomic E-state index is 12.8. The number of nitrogens with zero attached hydrogens (tertiary/aromatic N) is 1. The van der Waals surface area contributed by atoms with Gasteiger partial charge in [0.2, 0.25) is 10.0 Å². The van der Waals surface area contributed by atoms with Crippen LogP contribution in [0.2, 0.25) is 0 Å². The molecule has 0 radical (unpaired) electrons. The number of hydrogen-bond donors (Lipinski definition) is 1. The van der Waals surface area contributed by atoms with Crippen molar-refractivity contribution in [3.05, 3.63) is 51.7 Å². The van der Waals surface area contributed by atoms with Crippen molar-refractivity contribution < 1.29 is 13.5 Å². The molecular weight excluding hydrogens is 306 g/mol. The quantitative estimate of drug-likeness (QED) is 0.944. The molecule has 0 aliphatic carbocycles. The van der Waals surface area contributed by atoms with Gasteiger partial charge in [0.15, 0.2) is 0 Å². The molecule has 2 aromatic rings. The minimum absolute atomic E-state index is 0.150. The van der Waals surface area contributed by atoms with Gasteiger partial charge >= 0.3 is 0 Å². The standard InChI is InChI=1S/C15H17NO3S2/c1-11-14-6-8-20-15(14)5-7-16(11)21(18,19)13-4-2-3-12(9-13)10-17/h2-4,6,8-9,11,17H,5,7,10H2,1H3. The highest BCUT2D eigenvalue weighted by Gasteiger charge is 2.34. The molecular formula is C15H17NO3S2. The van der Waals surface area contributed by atoms with E-state index in [0.29, 0.717) is 12.1 Å². The van der Waals surface area contributed by atoms with E-state index in [1.54, 1.807) is 39.9 Å². The van der Waals surface area contributed by atoms with Crippen LogP contribution >= 0.6 is 11.3 Å². The first-order valence-corrected chi connectivity index (χ1v) is 9.14. The number of thiophene rings is 1. The van der Waals surface area contributed by atoms with Crippen LogP contribution in [0.4, 0.5) is 0 Å². The van der Waals surface area contributed by atoms with E-state index < -0.39 is 10.0 Å². The summed E-state index contributed by atoms with van der Waals surface area (Å²) in [6, 6.07) is 8.38. The van der Waals surface area contributed by atoms with Crippen molar-refractivity contribution in [2.24, 2.45) is 0 Å². The molecule has 1 aromatic carbocycles. The van der Waals surface area contributed by atoms with Crippen molar-refractivity contribution in [1.29, 1.82) is 0 Å². The minimum atomic E-state index is -3.54. The van der Waals surface area contributed by atoms with Crippen LogP contribution in [0.3, 0.4) is 0 Å². The Balaban J connectivity index is 1.99. The van der Waals surface area contributed by atoms with Gasteiger partial charge in [-0.1, -0.05) is 12.1 Å². The average Bonchev–Trinajstić information content (AvgIpc) is 2.97. The molecule has 4 nitrogen and oxygen atoms in total. The average molecular weight is 323 g/mol. The second kappa shape index (κ2) is 5.53. The van der Waals surface area contributed by atoms with Gasteiger partial charge in [-0.25, -0.2) is 8.42 Å². The van der Waals surface area contributed by atoms with Crippen LogP contribution in [-0.4, -0.2) is 24.4 Å². The van der Waals surface area contributed by atoms with E-state index in [1.165, 1.54) is 4.88 Å². The summed E-state index contributed by atoms with van der Waals surface area (Å²) in [5.41, 5.74) is 1.71. The number of fused-ring (bicyclic) bond motifs is 1. The first-order valence-electron chi connectivity index (χ1n) is 6.82. The molecule has 2 heterocycles. The number of benzene rings is 1. The topological polar surface area (TPSA) is 57.6 Å². The van der Waals surface area contributed by atoms with Crippen molar-refractivity contribution in [1.82, 2.24) is 4.31 Å². The highest BCUT2D eigenvalue weighted by molar-refractivity contribution is 7.89. The second-order valence-corrected chi connectivity index (χ2v) is 8.04. The SMILES string of the molecule is CC1c2ccsc2CCN1S(=O)(=O)c1cccc(CO)c1. The number of aliphatic hydroxyl groups excluding tert-OH is 1. The number of sulfonamides is 1. The zero-order chi connectivity index (χ0) is 15.0. The molecule has 0 fully saturated rings. The predicted octanol–water partition coefficient (Wildman–Crippen LogP) is 2.55. The molecule has 1 aliphatic heterocycles. The fourth-order valence-electron chi connectivity index (χ4n) is 2.75. The Hall–Kier alpha value is -1.21. The van der Waals surface area contributed by atoms with Gasteiger partial charge in [-0.2, -0.15) is 4.31 Å². The van der Waals surface area contributed by atoms with Crippen molar-refractivity contribution in [3.8, 4) is 0 Å². The van der Waals surface area contributed by atoms with Gasteiger partial charge in [-0.3, -0.25) is 0 Å². The summed E-state index contributed by atoms with van der Waals surface area (Å²) in [6.45, 7) is 2.27. The number of hydrogen-bond acceptors (Lipinski definition) is 4. The van der Waals surface area contributed by atoms with Gasteiger partial charge < -0.3 is 5.11 Å². The summed E-state index contributed by atoms with van der Waals surface area (Å²) in [7, 11) is -3.54. The fourth-order valence-corrected chi connectivity index (χ4v) is 5.40. The van der Waals surface area contributed by atoms with Crippen LogP contribution in [0, 0.1) is 0 Å². The van der Waals surface area contributed by atoms with E-state index in [0.717, 1.165) is 12.0 Å². The van der Waals surface area contributed by atoms with Gasteiger partial charge in [-0.05, 0) is 48.1 Å². The number of aliphatic hydroxyl groups is 1. The summed E-state index contributed by atoms with van der Waals surface area (Å²) in [6.07, 6.45) is 0.760. The normalized spacial score (nSPS) is 19.4. The van der Waals surface area contributed by atoms with E-state index in [1.807, 2.05) is 18.4 Å². The zero-order valence-corrected chi connectivity index (χ0v) is 13.3. The summed E-state index contributed by atoms with van der Waals surface area (Å²) < 4.78 is 27.2. The molecule has 0 bridgehead atoms.